The Labute approximate surface area is 93.4 Å². The number of halogens is 1. The fourth-order valence-electron chi connectivity index (χ4n) is 2.16. The summed E-state index contributed by atoms with van der Waals surface area (Å²) in [5.74, 6) is 0.268. The number of rotatable bonds is 2. The van der Waals surface area contributed by atoms with Crippen molar-refractivity contribution in [1.29, 1.82) is 0 Å². The summed E-state index contributed by atoms with van der Waals surface area (Å²) in [7, 11) is 1.68. The van der Waals surface area contributed by atoms with E-state index in [0.717, 1.165) is 25.7 Å². The number of hydrogen-bond donors (Lipinski definition) is 1. The molecule has 0 spiro atoms. The Morgan fingerprint density at radius 3 is 2.60 bits per heavy atom. The van der Waals surface area contributed by atoms with Crippen LogP contribution in [0.1, 0.15) is 43.7 Å². The number of aromatic nitrogens is 2. The summed E-state index contributed by atoms with van der Waals surface area (Å²) < 4.78 is 22.5. The Kier molecular flexibility index (Phi) is 3.02. The Balaban J connectivity index is 2.32. The summed E-state index contributed by atoms with van der Waals surface area (Å²) in [6.07, 6.45) is 6.85. The second-order valence-electron chi connectivity index (χ2n) is 3.92. The number of hydrogen-bond acceptors (Lipinski definition) is 3. The van der Waals surface area contributed by atoms with Crippen LogP contribution >= 0.6 is 10.7 Å². The van der Waals surface area contributed by atoms with E-state index in [9.17, 15) is 8.42 Å². The van der Waals surface area contributed by atoms with Gasteiger partial charge in [0.15, 0.2) is 0 Å². The third kappa shape index (κ3) is 2.34. The van der Waals surface area contributed by atoms with Gasteiger partial charge in [0.05, 0.1) is 11.9 Å². The minimum absolute atomic E-state index is 0.149. The molecule has 2 rings (SSSR count). The second-order valence-corrected chi connectivity index (χ2v) is 6.46. The van der Waals surface area contributed by atoms with E-state index in [1.54, 1.807) is 0 Å². The van der Waals surface area contributed by atoms with Gasteiger partial charge in [0.2, 0.25) is 0 Å². The molecule has 1 heterocycles. The van der Waals surface area contributed by atoms with Gasteiger partial charge in [-0.2, -0.15) is 5.10 Å². The first-order valence-corrected chi connectivity index (χ1v) is 7.38. The van der Waals surface area contributed by atoms with Gasteiger partial charge in [0.25, 0.3) is 9.05 Å². The van der Waals surface area contributed by atoms with E-state index in [0.29, 0.717) is 5.69 Å². The molecule has 0 atom stereocenters. The molecule has 0 amide bonds. The molecular formula is C9H13ClN2O2S. The van der Waals surface area contributed by atoms with Crippen LogP contribution in [-0.2, 0) is 9.05 Å². The van der Waals surface area contributed by atoms with Crippen LogP contribution in [0.2, 0.25) is 0 Å². The first kappa shape index (κ1) is 11.0. The molecule has 84 valence electrons. The maximum absolute atomic E-state index is 11.3. The van der Waals surface area contributed by atoms with Crippen LogP contribution < -0.4 is 0 Å². The zero-order chi connectivity index (χ0) is 10.9. The molecule has 0 aromatic carbocycles. The average Bonchev–Trinajstić information content (AvgIpc) is 2.67. The lowest BCUT2D eigenvalue weighted by Crippen LogP contribution is -2.08. The fourth-order valence-corrected chi connectivity index (χ4v) is 3.19. The van der Waals surface area contributed by atoms with Crippen LogP contribution in [0.5, 0.6) is 0 Å². The molecule has 0 unspecified atom stereocenters. The summed E-state index contributed by atoms with van der Waals surface area (Å²) in [4.78, 5) is 0.149. The molecule has 0 aliphatic heterocycles. The van der Waals surface area contributed by atoms with Gasteiger partial charge >= 0.3 is 0 Å². The van der Waals surface area contributed by atoms with Crippen molar-refractivity contribution in [2.45, 2.75) is 42.9 Å². The van der Waals surface area contributed by atoms with E-state index in [1.807, 2.05) is 0 Å². The van der Waals surface area contributed by atoms with Crippen LogP contribution in [0.3, 0.4) is 0 Å². The Hall–Kier alpha value is -0.550. The first-order valence-electron chi connectivity index (χ1n) is 5.07. The van der Waals surface area contributed by atoms with Crippen LogP contribution in [0.4, 0.5) is 0 Å². The van der Waals surface area contributed by atoms with E-state index < -0.39 is 9.05 Å². The number of H-pyrrole nitrogens is 1. The van der Waals surface area contributed by atoms with E-state index in [2.05, 4.69) is 10.2 Å². The molecular weight excluding hydrogens is 236 g/mol. The standard InChI is InChI=1S/C9H13ClN2O2S/c10-15(13,14)8-6-11-12-9(8)7-4-2-1-3-5-7/h6-7H,1-5H2,(H,11,12). The number of nitrogens with zero attached hydrogens (tertiary/aromatic N) is 1. The molecule has 15 heavy (non-hydrogen) atoms. The molecule has 1 aromatic rings. The van der Waals surface area contributed by atoms with Crippen molar-refractivity contribution < 1.29 is 8.42 Å². The van der Waals surface area contributed by atoms with Crippen molar-refractivity contribution in [2.24, 2.45) is 0 Å². The van der Waals surface area contributed by atoms with Gasteiger partial charge < -0.3 is 0 Å². The third-order valence-electron chi connectivity index (χ3n) is 2.91. The molecule has 1 aliphatic carbocycles. The quantitative estimate of drug-likeness (QED) is 0.818. The highest BCUT2D eigenvalue weighted by molar-refractivity contribution is 8.13. The first-order chi connectivity index (χ1) is 7.09. The smallest absolute Gasteiger partial charge is 0.264 e. The summed E-state index contributed by atoms with van der Waals surface area (Å²) >= 11 is 0. The molecule has 0 bridgehead atoms. The van der Waals surface area contributed by atoms with Gasteiger partial charge in [-0.05, 0) is 12.8 Å². The van der Waals surface area contributed by atoms with Crippen LogP contribution in [0.25, 0.3) is 0 Å². The lowest BCUT2D eigenvalue weighted by atomic mass is 9.87. The zero-order valence-corrected chi connectivity index (χ0v) is 9.81. The van der Waals surface area contributed by atoms with E-state index in [-0.39, 0.29) is 10.8 Å². The largest absolute Gasteiger partial charge is 0.281 e. The SMILES string of the molecule is O=S(=O)(Cl)c1cn[nH]c1C1CCCCC1. The lowest BCUT2D eigenvalue weighted by molar-refractivity contribution is 0.431. The third-order valence-corrected chi connectivity index (χ3v) is 4.26. The number of aromatic amines is 1. The topological polar surface area (TPSA) is 62.8 Å². The summed E-state index contributed by atoms with van der Waals surface area (Å²) in [6, 6.07) is 0. The van der Waals surface area contributed by atoms with Crippen molar-refractivity contribution in [3.63, 3.8) is 0 Å². The normalized spacial score (nSPS) is 19.3. The maximum Gasteiger partial charge on any atom is 0.264 e. The highest BCUT2D eigenvalue weighted by atomic mass is 35.7. The highest BCUT2D eigenvalue weighted by Gasteiger charge is 2.25. The molecule has 6 heteroatoms. The molecule has 0 saturated heterocycles. The van der Waals surface area contributed by atoms with E-state index in [4.69, 9.17) is 10.7 Å². The van der Waals surface area contributed by atoms with Gasteiger partial charge in [0.1, 0.15) is 4.90 Å². The van der Waals surface area contributed by atoms with Crippen molar-refractivity contribution in [1.82, 2.24) is 10.2 Å². The van der Waals surface area contributed by atoms with E-state index >= 15 is 0 Å². The molecule has 1 aromatic heterocycles. The predicted molar refractivity (Wildman–Crippen MR) is 57.5 cm³/mol. The molecule has 1 fully saturated rings. The van der Waals surface area contributed by atoms with Gasteiger partial charge in [-0.25, -0.2) is 8.42 Å². The van der Waals surface area contributed by atoms with Crippen molar-refractivity contribution in [3.8, 4) is 0 Å². The minimum Gasteiger partial charge on any atom is -0.281 e. The minimum atomic E-state index is -3.66. The Bertz CT molecular complexity index is 435. The maximum atomic E-state index is 11.3. The predicted octanol–water partition coefficient (Wildman–Crippen LogP) is 2.38. The van der Waals surface area contributed by atoms with Crippen LogP contribution in [-0.4, -0.2) is 18.6 Å². The Morgan fingerprint density at radius 1 is 1.33 bits per heavy atom. The second kappa shape index (κ2) is 4.14. The summed E-state index contributed by atoms with van der Waals surface area (Å²) in [5, 5.41) is 6.54. The lowest BCUT2D eigenvalue weighted by Gasteiger charge is -2.20. The monoisotopic (exact) mass is 248 g/mol. The molecule has 1 N–H and O–H groups in total. The van der Waals surface area contributed by atoms with Gasteiger partial charge in [-0.3, -0.25) is 5.10 Å². The van der Waals surface area contributed by atoms with Gasteiger partial charge in [-0.1, -0.05) is 19.3 Å². The number of nitrogens with one attached hydrogen (secondary N) is 1. The molecule has 1 aliphatic rings. The van der Waals surface area contributed by atoms with Crippen LogP contribution in [0.15, 0.2) is 11.1 Å². The van der Waals surface area contributed by atoms with Crippen molar-refractivity contribution in [2.75, 3.05) is 0 Å². The summed E-state index contributed by atoms with van der Waals surface area (Å²) in [6.45, 7) is 0. The summed E-state index contributed by atoms with van der Waals surface area (Å²) in [5.41, 5.74) is 0.685. The highest BCUT2D eigenvalue weighted by Crippen LogP contribution is 2.35. The van der Waals surface area contributed by atoms with Crippen LogP contribution in [0, 0.1) is 0 Å². The molecule has 0 radical (unpaired) electrons. The van der Waals surface area contributed by atoms with Crippen molar-refractivity contribution in [3.05, 3.63) is 11.9 Å². The fraction of sp³-hybridized carbons (Fsp3) is 0.667. The zero-order valence-electron chi connectivity index (χ0n) is 8.24. The van der Waals surface area contributed by atoms with Gasteiger partial charge in [0, 0.05) is 16.6 Å². The Morgan fingerprint density at radius 2 is 2.00 bits per heavy atom. The van der Waals surface area contributed by atoms with Crippen molar-refractivity contribution >= 4 is 19.7 Å². The molecule has 4 nitrogen and oxygen atoms in total. The molecule has 1 saturated carbocycles. The van der Waals surface area contributed by atoms with E-state index in [1.165, 1.54) is 12.6 Å². The average molecular weight is 249 g/mol. The van der Waals surface area contributed by atoms with Gasteiger partial charge in [-0.15, -0.1) is 0 Å².